The number of carbonyl (C=O) groups is 2. The van der Waals surface area contributed by atoms with Crippen molar-refractivity contribution in [2.24, 2.45) is 5.92 Å². The molecule has 1 atom stereocenters. The molecule has 2 aromatic carbocycles. The van der Waals surface area contributed by atoms with Crippen LogP contribution < -0.4 is 9.64 Å². The molecule has 1 aliphatic carbocycles. The van der Waals surface area contributed by atoms with Crippen molar-refractivity contribution in [3.05, 3.63) is 59.2 Å². The van der Waals surface area contributed by atoms with Gasteiger partial charge in [0.15, 0.2) is 4.87 Å². The van der Waals surface area contributed by atoms with E-state index in [0.717, 1.165) is 37.8 Å². The molecule has 0 N–H and O–H groups in total. The zero-order valence-corrected chi connectivity index (χ0v) is 19.5. The minimum atomic E-state index is -4.47. The van der Waals surface area contributed by atoms with Crippen molar-refractivity contribution >= 4 is 29.3 Å². The van der Waals surface area contributed by atoms with Gasteiger partial charge in [0.05, 0.1) is 24.9 Å². The Morgan fingerprint density at radius 2 is 1.94 bits per heavy atom. The normalized spacial score (nSPS) is 22.6. The van der Waals surface area contributed by atoms with Crippen molar-refractivity contribution in [1.29, 1.82) is 0 Å². The van der Waals surface area contributed by atoms with Gasteiger partial charge in [0.25, 0.3) is 5.91 Å². The predicted molar refractivity (Wildman–Crippen MR) is 123 cm³/mol. The van der Waals surface area contributed by atoms with Crippen LogP contribution in [0.2, 0.25) is 0 Å². The first kappa shape index (κ1) is 23.1. The van der Waals surface area contributed by atoms with E-state index in [9.17, 15) is 22.8 Å². The van der Waals surface area contributed by atoms with Crippen LogP contribution in [-0.2, 0) is 27.2 Å². The van der Waals surface area contributed by atoms with Gasteiger partial charge in [0, 0.05) is 23.8 Å². The maximum atomic E-state index is 14.1. The predicted octanol–water partition coefficient (Wildman–Crippen LogP) is 5.18. The highest BCUT2D eigenvalue weighted by Gasteiger charge is 2.60. The monoisotopic (exact) mass is 490 g/mol. The maximum Gasteiger partial charge on any atom is 0.416 e. The van der Waals surface area contributed by atoms with Gasteiger partial charge in [0.1, 0.15) is 5.75 Å². The summed E-state index contributed by atoms with van der Waals surface area (Å²) in [4.78, 5) is 29.6. The summed E-state index contributed by atoms with van der Waals surface area (Å²) >= 11 is 1.42. The Balaban J connectivity index is 1.56. The van der Waals surface area contributed by atoms with Crippen LogP contribution in [0.4, 0.5) is 18.9 Å². The first-order valence-corrected chi connectivity index (χ1v) is 12.4. The summed E-state index contributed by atoms with van der Waals surface area (Å²) in [5, 5.41) is 0. The minimum Gasteiger partial charge on any atom is -0.497 e. The topological polar surface area (TPSA) is 49.9 Å². The van der Waals surface area contributed by atoms with E-state index in [1.165, 1.54) is 29.8 Å². The molecule has 2 heterocycles. The molecule has 1 unspecified atom stereocenters. The van der Waals surface area contributed by atoms with Gasteiger partial charge in [0.2, 0.25) is 5.91 Å². The van der Waals surface area contributed by atoms with Crippen LogP contribution in [0.5, 0.6) is 5.75 Å². The van der Waals surface area contributed by atoms with Gasteiger partial charge in [-0.25, -0.2) is 0 Å². The summed E-state index contributed by atoms with van der Waals surface area (Å²) in [7, 11) is 1.54. The number of hydrogen-bond acceptors (Lipinski definition) is 4. The Labute approximate surface area is 200 Å². The van der Waals surface area contributed by atoms with Gasteiger partial charge in [-0.15, -0.1) is 11.8 Å². The van der Waals surface area contributed by atoms with E-state index in [0.29, 0.717) is 34.9 Å². The van der Waals surface area contributed by atoms with E-state index in [1.54, 1.807) is 29.2 Å². The minimum absolute atomic E-state index is 0.00876. The van der Waals surface area contributed by atoms with E-state index in [-0.39, 0.29) is 24.3 Å². The molecular weight excluding hydrogens is 465 g/mol. The first-order valence-electron chi connectivity index (χ1n) is 11.4. The smallest absolute Gasteiger partial charge is 0.416 e. The summed E-state index contributed by atoms with van der Waals surface area (Å²) < 4.78 is 45.2. The standard InChI is InChI=1S/C25H25F3N2O3S/c1-33-19-9-10-21-20(14-19)24(30(11-12-34-24)22(31)17-6-2-3-7-17)23(32)29(21)15-16-5-4-8-18(13-16)25(26,27)28/h4-5,8-10,13-14,17H,2-3,6-7,11-12,15H2,1H3. The third kappa shape index (κ3) is 3.65. The van der Waals surface area contributed by atoms with Gasteiger partial charge in [-0.2, -0.15) is 13.2 Å². The van der Waals surface area contributed by atoms with Crippen LogP contribution in [0.3, 0.4) is 0 Å². The fraction of sp³-hybridized carbons (Fsp3) is 0.440. The fourth-order valence-electron chi connectivity index (χ4n) is 5.32. The summed E-state index contributed by atoms with van der Waals surface area (Å²) in [5.41, 5.74) is 0.882. The van der Waals surface area contributed by atoms with Gasteiger partial charge in [-0.3, -0.25) is 9.59 Å². The zero-order chi connectivity index (χ0) is 24.1. The summed E-state index contributed by atoms with van der Waals surface area (Å²) in [6, 6.07) is 10.3. The van der Waals surface area contributed by atoms with E-state index in [2.05, 4.69) is 0 Å². The van der Waals surface area contributed by atoms with Crippen LogP contribution in [0.15, 0.2) is 42.5 Å². The van der Waals surface area contributed by atoms with Crippen molar-refractivity contribution in [2.45, 2.75) is 43.3 Å². The zero-order valence-electron chi connectivity index (χ0n) is 18.7. The van der Waals surface area contributed by atoms with Crippen molar-refractivity contribution in [1.82, 2.24) is 4.90 Å². The number of alkyl halides is 3. The highest BCUT2D eigenvalue weighted by molar-refractivity contribution is 8.01. The van der Waals surface area contributed by atoms with Gasteiger partial charge in [-0.1, -0.05) is 25.0 Å². The van der Waals surface area contributed by atoms with Gasteiger partial charge in [-0.05, 0) is 48.7 Å². The van der Waals surface area contributed by atoms with E-state index >= 15 is 0 Å². The number of fused-ring (bicyclic) bond motifs is 2. The number of benzene rings is 2. The second kappa shape index (κ2) is 8.52. The van der Waals surface area contributed by atoms with Crippen molar-refractivity contribution in [3.8, 4) is 5.75 Å². The lowest BCUT2D eigenvalue weighted by atomic mass is 10.0. The molecule has 2 aromatic rings. The second-order valence-electron chi connectivity index (χ2n) is 8.94. The lowest BCUT2D eigenvalue weighted by molar-refractivity contribution is -0.143. The number of ether oxygens (including phenoxy) is 1. The molecule has 1 saturated carbocycles. The highest BCUT2D eigenvalue weighted by Crippen LogP contribution is 2.56. The molecule has 9 heteroatoms. The summed E-state index contributed by atoms with van der Waals surface area (Å²) in [6.07, 6.45) is -0.815. The molecule has 1 spiro atoms. The van der Waals surface area contributed by atoms with Crippen molar-refractivity contribution < 1.29 is 27.5 Å². The molecule has 180 valence electrons. The van der Waals surface area contributed by atoms with Crippen LogP contribution in [0.25, 0.3) is 0 Å². The quantitative estimate of drug-likeness (QED) is 0.593. The number of thioether (sulfide) groups is 1. The number of hydrogen-bond donors (Lipinski definition) is 0. The molecular formula is C25H25F3N2O3S. The van der Waals surface area contributed by atoms with Crippen LogP contribution >= 0.6 is 11.8 Å². The largest absolute Gasteiger partial charge is 0.497 e. The molecule has 0 aromatic heterocycles. The van der Waals surface area contributed by atoms with E-state index < -0.39 is 16.6 Å². The second-order valence-corrected chi connectivity index (χ2v) is 10.2. The average molecular weight is 491 g/mol. The Morgan fingerprint density at radius 1 is 1.18 bits per heavy atom. The Bertz CT molecular complexity index is 1130. The third-order valence-electron chi connectivity index (χ3n) is 6.97. The van der Waals surface area contributed by atoms with Crippen LogP contribution in [-0.4, -0.2) is 36.1 Å². The third-order valence-corrected chi connectivity index (χ3v) is 8.39. The number of amides is 2. The first-order chi connectivity index (χ1) is 16.3. The lowest BCUT2D eigenvalue weighted by Gasteiger charge is -2.35. The van der Waals surface area contributed by atoms with E-state index in [4.69, 9.17) is 4.74 Å². The van der Waals surface area contributed by atoms with Crippen molar-refractivity contribution in [2.75, 3.05) is 24.3 Å². The molecule has 1 saturated heterocycles. The van der Waals surface area contributed by atoms with Crippen molar-refractivity contribution in [3.63, 3.8) is 0 Å². The SMILES string of the molecule is COc1ccc2c(c1)C1(SCCN1C(=O)C1CCCC1)C(=O)N2Cc1cccc(C(F)(F)F)c1. The fourth-order valence-corrected chi connectivity index (χ4v) is 6.78. The number of methoxy groups -OCH3 is 1. The Kier molecular flexibility index (Phi) is 5.78. The summed E-state index contributed by atoms with van der Waals surface area (Å²) in [5.74, 6) is 0.785. The highest BCUT2D eigenvalue weighted by atomic mass is 32.2. The molecule has 2 aliphatic heterocycles. The molecule has 0 bridgehead atoms. The number of halogens is 3. The summed E-state index contributed by atoms with van der Waals surface area (Å²) in [6.45, 7) is 0.440. The molecule has 3 aliphatic rings. The molecule has 2 amide bonds. The maximum absolute atomic E-state index is 14.1. The molecule has 0 radical (unpaired) electrons. The van der Waals surface area contributed by atoms with Gasteiger partial charge >= 0.3 is 6.18 Å². The number of carbonyl (C=O) groups excluding carboxylic acids is 2. The number of anilines is 1. The van der Waals surface area contributed by atoms with Crippen LogP contribution in [0, 0.1) is 5.92 Å². The molecule has 2 fully saturated rings. The number of rotatable bonds is 4. The number of nitrogens with zero attached hydrogens (tertiary/aromatic N) is 2. The van der Waals surface area contributed by atoms with Gasteiger partial charge < -0.3 is 14.5 Å². The molecule has 34 heavy (non-hydrogen) atoms. The lowest BCUT2D eigenvalue weighted by Crippen LogP contribution is -2.51. The Morgan fingerprint density at radius 3 is 2.65 bits per heavy atom. The molecule has 5 rings (SSSR count). The Hall–Kier alpha value is -2.68. The van der Waals surface area contributed by atoms with Crippen LogP contribution in [0.1, 0.15) is 42.4 Å². The van der Waals surface area contributed by atoms with E-state index in [1.807, 2.05) is 0 Å². The molecule has 5 nitrogen and oxygen atoms in total. The average Bonchev–Trinajstić information content (AvgIpc) is 3.56.